The van der Waals surface area contributed by atoms with E-state index in [0.29, 0.717) is 19.8 Å². The van der Waals surface area contributed by atoms with E-state index in [9.17, 15) is 4.79 Å². The number of carbonyl (C=O) groups is 1. The maximum atomic E-state index is 12.3. The zero-order chi connectivity index (χ0) is 15.5. The minimum Gasteiger partial charge on any atom is -0.349 e. The highest BCUT2D eigenvalue weighted by Crippen LogP contribution is 2.24. The number of ether oxygens (including phenoxy) is 2. The largest absolute Gasteiger partial charge is 0.349 e. The van der Waals surface area contributed by atoms with Gasteiger partial charge in [0.1, 0.15) is 5.82 Å². The Morgan fingerprint density at radius 1 is 1.41 bits per heavy atom. The molecule has 7 heteroatoms. The molecule has 2 aliphatic rings. The highest BCUT2D eigenvalue weighted by Gasteiger charge is 2.34. The van der Waals surface area contributed by atoms with Gasteiger partial charge in [0.05, 0.1) is 31.5 Å². The van der Waals surface area contributed by atoms with Crippen molar-refractivity contribution in [1.29, 1.82) is 0 Å². The summed E-state index contributed by atoms with van der Waals surface area (Å²) in [4.78, 5) is 14.5. The quantitative estimate of drug-likeness (QED) is 0.895. The first kappa shape index (κ1) is 15.5. The van der Waals surface area contributed by atoms with Crippen LogP contribution in [-0.2, 0) is 21.3 Å². The molecule has 0 aromatic carbocycles. The molecule has 2 saturated heterocycles. The SMILES string of the molecule is Cc1cc(NC(=O)CN2CCCCC2C2OCCO2)n(C)n1. The molecule has 1 atom stereocenters. The molecule has 3 rings (SSSR count). The molecule has 0 aliphatic carbocycles. The highest BCUT2D eigenvalue weighted by molar-refractivity contribution is 5.91. The summed E-state index contributed by atoms with van der Waals surface area (Å²) in [5.41, 5.74) is 0.890. The number of hydrogen-bond donors (Lipinski definition) is 1. The number of aryl methyl sites for hydroxylation is 2. The second kappa shape index (κ2) is 6.76. The molecular weight excluding hydrogens is 284 g/mol. The van der Waals surface area contributed by atoms with Crippen molar-refractivity contribution in [3.8, 4) is 0 Å². The minimum atomic E-state index is -0.188. The van der Waals surface area contributed by atoms with Crippen molar-refractivity contribution in [1.82, 2.24) is 14.7 Å². The van der Waals surface area contributed by atoms with Gasteiger partial charge in [-0.05, 0) is 26.3 Å². The zero-order valence-electron chi connectivity index (χ0n) is 13.2. The molecule has 3 heterocycles. The lowest BCUT2D eigenvalue weighted by atomic mass is 10.0. The smallest absolute Gasteiger partial charge is 0.239 e. The van der Waals surface area contributed by atoms with E-state index in [4.69, 9.17) is 9.47 Å². The Labute approximate surface area is 130 Å². The standard InChI is InChI=1S/C15H24N4O3/c1-11-9-13(18(2)17-11)16-14(20)10-19-6-4-3-5-12(19)15-21-7-8-22-15/h9,12,15H,3-8,10H2,1-2H3,(H,16,20). The second-order valence-electron chi connectivity index (χ2n) is 5.99. The summed E-state index contributed by atoms with van der Waals surface area (Å²) in [7, 11) is 1.83. The first-order valence-electron chi connectivity index (χ1n) is 7.91. The van der Waals surface area contributed by atoms with Gasteiger partial charge in [-0.1, -0.05) is 6.42 Å². The molecule has 2 aliphatic heterocycles. The van der Waals surface area contributed by atoms with E-state index in [1.165, 1.54) is 0 Å². The second-order valence-corrected chi connectivity index (χ2v) is 5.99. The third kappa shape index (κ3) is 3.48. The fourth-order valence-electron chi connectivity index (χ4n) is 3.21. The Balaban J connectivity index is 1.60. The van der Waals surface area contributed by atoms with Crippen molar-refractivity contribution >= 4 is 11.7 Å². The van der Waals surface area contributed by atoms with Crippen LogP contribution in [0.25, 0.3) is 0 Å². The molecule has 1 aromatic heterocycles. The zero-order valence-corrected chi connectivity index (χ0v) is 13.2. The molecule has 1 N–H and O–H groups in total. The van der Waals surface area contributed by atoms with E-state index >= 15 is 0 Å². The summed E-state index contributed by atoms with van der Waals surface area (Å²) in [6.45, 7) is 4.47. The van der Waals surface area contributed by atoms with Gasteiger partial charge >= 0.3 is 0 Å². The number of amides is 1. The first-order valence-corrected chi connectivity index (χ1v) is 7.91. The van der Waals surface area contributed by atoms with Crippen LogP contribution >= 0.6 is 0 Å². The fraction of sp³-hybridized carbons (Fsp3) is 0.733. The highest BCUT2D eigenvalue weighted by atomic mass is 16.7. The lowest BCUT2D eigenvalue weighted by Crippen LogP contribution is -2.50. The van der Waals surface area contributed by atoms with E-state index in [0.717, 1.165) is 37.3 Å². The number of piperidine rings is 1. The number of nitrogens with zero attached hydrogens (tertiary/aromatic N) is 3. The molecule has 0 spiro atoms. The van der Waals surface area contributed by atoms with Crippen molar-refractivity contribution in [2.45, 2.75) is 38.5 Å². The maximum absolute atomic E-state index is 12.3. The van der Waals surface area contributed by atoms with Crippen molar-refractivity contribution in [2.24, 2.45) is 7.05 Å². The molecule has 0 bridgehead atoms. The van der Waals surface area contributed by atoms with E-state index in [1.807, 2.05) is 20.0 Å². The summed E-state index contributed by atoms with van der Waals surface area (Å²) in [5, 5.41) is 7.16. The lowest BCUT2D eigenvalue weighted by molar-refractivity contribution is -0.127. The van der Waals surface area contributed by atoms with Gasteiger partial charge in [-0.2, -0.15) is 5.10 Å². The Morgan fingerprint density at radius 3 is 2.86 bits per heavy atom. The maximum Gasteiger partial charge on any atom is 0.239 e. The number of nitrogens with one attached hydrogen (secondary N) is 1. The van der Waals surface area contributed by atoms with Crippen LogP contribution in [0.1, 0.15) is 25.0 Å². The minimum absolute atomic E-state index is 0.0205. The summed E-state index contributed by atoms with van der Waals surface area (Å²) in [6.07, 6.45) is 3.10. The summed E-state index contributed by atoms with van der Waals surface area (Å²) >= 11 is 0. The van der Waals surface area contributed by atoms with Crippen LogP contribution in [0, 0.1) is 6.92 Å². The van der Waals surface area contributed by atoms with Crippen LogP contribution in [0.3, 0.4) is 0 Å². The van der Waals surface area contributed by atoms with Crippen LogP contribution in [0.15, 0.2) is 6.07 Å². The predicted molar refractivity (Wildman–Crippen MR) is 81.5 cm³/mol. The first-order chi connectivity index (χ1) is 10.6. The molecule has 0 saturated carbocycles. The van der Waals surface area contributed by atoms with Crippen LogP contribution in [-0.4, -0.2) is 59.2 Å². The number of aromatic nitrogens is 2. The fourth-order valence-corrected chi connectivity index (χ4v) is 3.21. The van der Waals surface area contributed by atoms with Crippen molar-refractivity contribution in [2.75, 3.05) is 31.6 Å². The number of carbonyl (C=O) groups excluding carboxylic acids is 1. The van der Waals surface area contributed by atoms with E-state index in [-0.39, 0.29) is 18.2 Å². The molecule has 122 valence electrons. The topological polar surface area (TPSA) is 68.6 Å². The number of rotatable bonds is 4. The van der Waals surface area contributed by atoms with E-state index < -0.39 is 0 Å². The Kier molecular flexibility index (Phi) is 4.75. The Morgan fingerprint density at radius 2 is 2.18 bits per heavy atom. The summed E-state index contributed by atoms with van der Waals surface area (Å²) in [5.74, 6) is 0.706. The number of likely N-dealkylation sites (tertiary alicyclic amines) is 1. The van der Waals surface area contributed by atoms with Crippen LogP contribution in [0.2, 0.25) is 0 Å². The Hall–Kier alpha value is -1.44. The van der Waals surface area contributed by atoms with Gasteiger partial charge in [-0.3, -0.25) is 14.4 Å². The van der Waals surface area contributed by atoms with Gasteiger partial charge in [-0.25, -0.2) is 0 Å². The monoisotopic (exact) mass is 308 g/mol. The normalized spacial score (nSPS) is 23.8. The van der Waals surface area contributed by atoms with Gasteiger partial charge in [0.2, 0.25) is 5.91 Å². The van der Waals surface area contributed by atoms with Crippen LogP contribution < -0.4 is 5.32 Å². The molecule has 1 amide bonds. The number of anilines is 1. The van der Waals surface area contributed by atoms with Crippen LogP contribution in [0.4, 0.5) is 5.82 Å². The third-order valence-corrected chi connectivity index (χ3v) is 4.24. The number of hydrogen-bond acceptors (Lipinski definition) is 5. The molecule has 0 radical (unpaired) electrons. The van der Waals surface area contributed by atoms with Gasteiger partial charge in [0, 0.05) is 13.1 Å². The third-order valence-electron chi connectivity index (χ3n) is 4.24. The molecule has 1 aromatic rings. The summed E-state index contributed by atoms with van der Waals surface area (Å²) in [6, 6.07) is 2.05. The molecule has 1 unspecified atom stereocenters. The van der Waals surface area contributed by atoms with E-state index in [2.05, 4.69) is 15.3 Å². The van der Waals surface area contributed by atoms with E-state index in [1.54, 1.807) is 4.68 Å². The van der Waals surface area contributed by atoms with Crippen molar-refractivity contribution in [3.63, 3.8) is 0 Å². The van der Waals surface area contributed by atoms with Gasteiger partial charge in [0.25, 0.3) is 0 Å². The van der Waals surface area contributed by atoms with Gasteiger partial charge in [0.15, 0.2) is 6.29 Å². The van der Waals surface area contributed by atoms with Crippen LogP contribution in [0.5, 0.6) is 0 Å². The molecule has 2 fully saturated rings. The predicted octanol–water partition coefficient (Wildman–Crippen LogP) is 0.894. The molecule has 22 heavy (non-hydrogen) atoms. The van der Waals surface area contributed by atoms with Gasteiger partial charge in [-0.15, -0.1) is 0 Å². The molecule has 7 nitrogen and oxygen atoms in total. The van der Waals surface area contributed by atoms with Crippen molar-refractivity contribution < 1.29 is 14.3 Å². The summed E-state index contributed by atoms with van der Waals surface area (Å²) < 4.78 is 13.0. The average Bonchev–Trinajstić information content (AvgIpc) is 3.10. The van der Waals surface area contributed by atoms with Crippen molar-refractivity contribution in [3.05, 3.63) is 11.8 Å². The Bertz CT molecular complexity index is 525. The molecular formula is C15H24N4O3. The van der Waals surface area contributed by atoms with Gasteiger partial charge < -0.3 is 14.8 Å². The lowest BCUT2D eigenvalue weighted by Gasteiger charge is -2.37. The average molecular weight is 308 g/mol.